The van der Waals surface area contributed by atoms with E-state index in [0.717, 1.165) is 16.9 Å². The Balaban J connectivity index is 2.32. The van der Waals surface area contributed by atoms with Crippen molar-refractivity contribution in [2.75, 3.05) is 6.61 Å². The van der Waals surface area contributed by atoms with Gasteiger partial charge in [0.25, 0.3) is 10.8 Å². The summed E-state index contributed by atoms with van der Waals surface area (Å²) in [7, 11) is 0. The molecule has 0 fully saturated rings. The van der Waals surface area contributed by atoms with Crippen LogP contribution >= 0.6 is 11.3 Å². The summed E-state index contributed by atoms with van der Waals surface area (Å²) < 4.78 is 10.2. The fraction of sp³-hybridized carbons (Fsp3) is 0.267. The first-order chi connectivity index (χ1) is 10.0. The summed E-state index contributed by atoms with van der Waals surface area (Å²) in [6, 6.07) is 7.12. The average molecular weight is 305 g/mol. The monoisotopic (exact) mass is 305 g/mol. The summed E-state index contributed by atoms with van der Waals surface area (Å²) in [5, 5.41) is 0. The first kappa shape index (κ1) is 15.2. The third-order valence-corrected chi connectivity index (χ3v) is 3.68. The van der Waals surface area contributed by atoms with Crippen LogP contribution in [0.15, 0.2) is 33.7 Å². The van der Waals surface area contributed by atoms with E-state index in [9.17, 15) is 9.59 Å². The van der Waals surface area contributed by atoms with Crippen molar-refractivity contribution in [1.82, 2.24) is 0 Å². The van der Waals surface area contributed by atoms with Crippen molar-refractivity contribution in [2.45, 2.75) is 20.8 Å². The lowest BCUT2D eigenvalue weighted by Gasteiger charge is -1.96. The third kappa shape index (κ3) is 3.66. The largest absolute Gasteiger partial charge is 0.462 e. The van der Waals surface area contributed by atoms with Gasteiger partial charge in [0.2, 0.25) is 0 Å². The molecule has 1 amide bonds. The van der Waals surface area contributed by atoms with Crippen LogP contribution in [0.1, 0.15) is 38.3 Å². The minimum absolute atomic E-state index is 0.141. The number of ether oxygens (including phenoxy) is 1. The Labute approximate surface area is 125 Å². The van der Waals surface area contributed by atoms with Crippen molar-refractivity contribution in [3.8, 4) is 0 Å². The Morgan fingerprint density at radius 2 is 2.10 bits per heavy atom. The van der Waals surface area contributed by atoms with Crippen molar-refractivity contribution in [2.24, 2.45) is 4.99 Å². The minimum Gasteiger partial charge on any atom is -0.462 e. The van der Waals surface area contributed by atoms with Crippen molar-refractivity contribution < 1.29 is 18.7 Å². The number of hydrogen-bond acceptors (Lipinski definition) is 5. The van der Waals surface area contributed by atoms with E-state index in [1.807, 2.05) is 13.0 Å². The molecule has 21 heavy (non-hydrogen) atoms. The van der Waals surface area contributed by atoms with Crippen molar-refractivity contribution in [3.05, 3.63) is 50.9 Å². The second-order valence-electron chi connectivity index (χ2n) is 4.36. The normalized spacial score (nSPS) is 11.5. The molecule has 0 aliphatic carbocycles. The van der Waals surface area contributed by atoms with Crippen LogP contribution in [-0.2, 0) is 4.74 Å². The van der Waals surface area contributed by atoms with Gasteiger partial charge in [0.15, 0.2) is 4.88 Å². The SMILES string of the molecule is CCOC(=O)c1sc(=NC(=O)c2cccc(C)c2)oc1C. The molecule has 0 saturated carbocycles. The first-order valence-electron chi connectivity index (χ1n) is 6.44. The molecule has 110 valence electrons. The van der Waals surface area contributed by atoms with Crippen LogP contribution in [0.4, 0.5) is 0 Å². The van der Waals surface area contributed by atoms with Gasteiger partial charge >= 0.3 is 5.97 Å². The van der Waals surface area contributed by atoms with Gasteiger partial charge in [-0.2, -0.15) is 4.99 Å². The molecule has 0 radical (unpaired) electrons. The summed E-state index contributed by atoms with van der Waals surface area (Å²) in [6.07, 6.45) is 0. The Kier molecular flexibility index (Phi) is 4.70. The van der Waals surface area contributed by atoms with Gasteiger partial charge in [0, 0.05) is 5.56 Å². The molecular formula is C15H15NO4S. The zero-order valence-electron chi connectivity index (χ0n) is 12.0. The second-order valence-corrected chi connectivity index (χ2v) is 5.32. The number of hydrogen-bond donors (Lipinski definition) is 0. The first-order valence-corrected chi connectivity index (χ1v) is 7.26. The van der Waals surface area contributed by atoms with E-state index in [1.54, 1.807) is 32.0 Å². The van der Waals surface area contributed by atoms with Gasteiger partial charge in [-0.3, -0.25) is 4.79 Å². The van der Waals surface area contributed by atoms with E-state index >= 15 is 0 Å². The molecule has 0 aliphatic heterocycles. The number of amides is 1. The zero-order chi connectivity index (χ0) is 15.4. The van der Waals surface area contributed by atoms with Crippen LogP contribution in [0.5, 0.6) is 0 Å². The highest BCUT2D eigenvalue weighted by Crippen LogP contribution is 2.13. The van der Waals surface area contributed by atoms with Gasteiger partial charge in [-0.25, -0.2) is 4.79 Å². The van der Waals surface area contributed by atoms with Crippen LogP contribution in [0, 0.1) is 13.8 Å². The highest BCUT2D eigenvalue weighted by atomic mass is 32.1. The molecular weight excluding hydrogens is 290 g/mol. The molecule has 0 bridgehead atoms. The lowest BCUT2D eigenvalue weighted by Crippen LogP contribution is -2.04. The van der Waals surface area contributed by atoms with Crippen LogP contribution in [-0.4, -0.2) is 18.5 Å². The molecule has 0 unspecified atom stereocenters. The molecule has 6 heteroatoms. The lowest BCUT2D eigenvalue weighted by atomic mass is 10.1. The molecule has 0 N–H and O–H groups in total. The number of rotatable bonds is 3. The summed E-state index contributed by atoms with van der Waals surface area (Å²) in [5.41, 5.74) is 1.46. The average Bonchev–Trinajstić information content (AvgIpc) is 2.80. The Bertz CT molecular complexity index is 742. The van der Waals surface area contributed by atoms with E-state index in [2.05, 4.69) is 4.99 Å². The van der Waals surface area contributed by atoms with E-state index in [4.69, 9.17) is 9.15 Å². The Hall–Kier alpha value is -2.21. The number of benzene rings is 1. The van der Waals surface area contributed by atoms with E-state index in [-0.39, 0.29) is 11.5 Å². The van der Waals surface area contributed by atoms with Gasteiger partial charge in [0.05, 0.1) is 6.61 Å². The number of carbonyl (C=O) groups is 2. The van der Waals surface area contributed by atoms with E-state index in [0.29, 0.717) is 16.2 Å². The van der Waals surface area contributed by atoms with Crippen LogP contribution in [0.25, 0.3) is 0 Å². The summed E-state index contributed by atoms with van der Waals surface area (Å²) in [4.78, 5) is 28.1. The molecule has 2 aromatic rings. The molecule has 0 atom stereocenters. The summed E-state index contributed by atoms with van der Waals surface area (Å²) in [6.45, 7) is 5.55. The molecule has 1 aromatic heterocycles. The highest BCUT2D eigenvalue weighted by molar-refractivity contribution is 7.11. The van der Waals surface area contributed by atoms with Crippen molar-refractivity contribution in [1.29, 1.82) is 0 Å². The standard InChI is InChI=1S/C15H15NO4S/c1-4-19-14(18)12-10(3)20-15(21-12)16-13(17)11-7-5-6-9(2)8-11/h5-8H,4H2,1-3H3. The molecule has 2 rings (SSSR count). The zero-order valence-corrected chi connectivity index (χ0v) is 12.8. The maximum atomic E-state index is 12.0. The molecule has 1 heterocycles. The van der Waals surface area contributed by atoms with Crippen molar-refractivity contribution in [3.63, 3.8) is 0 Å². The Morgan fingerprint density at radius 3 is 2.76 bits per heavy atom. The molecule has 0 spiro atoms. The van der Waals surface area contributed by atoms with Gasteiger partial charge in [0.1, 0.15) is 5.76 Å². The summed E-state index contributed by atoms with van der Waals surface area (Å²) in [5.74, 6) is -0.471. The van der Waals surface area contributed by atoms with Gasteiger partial charge in [-0.05, 0) is 32.9 Å². The fourth-order valence-corrected chi connectivity index (χ4v) is 2.51. The number of esters is 1. The number of carbonyl (C=O) groups excluding carboxylic acids is 2. The van der Waals surface area contributed by atoms with Crippen LogP contribution in [0.3, 0.4) is 0 Å². The van der Waals surface area contributed by atoms with E-state index < -0.39 is 11.9 Å². The van der Waals surface area contributed by atoms with Gasteiger partial charge in [-0.1, -0.05) is 29.0 Å². The third-order valence-electron chi connectivity index (χ3n) is 2.67. The lowest BCUT2D eigenvalue weighted by molar-refractivity contribution is 0.0529. The van der Waals surface area contributed by atoms with Crippen LogP contribution < -0.4 is 4.87 Å². The quantitative estimate of drug-likeness (QED) is 0.818. The predicted octanol–water partition coefficient (Wildman–Crippen LogP) is 2.88. The smallest absolute Gasteiger partial charge is 0.351 e. The summed E-state index contributed by atoms with van der Waals surface area (Å²) >= 11 is 1.01. The second kappa shape index (κ2) is 6.49. The molecule has 5 nitrogen and oxygen atoms in total. The number of aryl methyl sites for hydroxylation is 2. The molecule has 1 aromatic carbocycles. The predicted molar refractivity (Wildman–Crippen MR) is 78.4 cm³/mol. The highest BCUT2D eigenvalue weighted by Gasteiger charge is 2.16. The maximum Gasteiger partial charge on any atom is 0.351 e. The van der Waals surface area contributed by atoms with Gasteiger partial charge < -0.3 is 9.15 Å². The number of nitrogens with zero attached hydrogens (tertiary/aromatic N) is 1. The van der Waals surface area contributed by atoms with Crippen molar-refractivity contribution >= 4 is 23.2 Å². The topological polar surface area (TPSA) is 68.9 Å². The molecule has 0 aliphatic rings. The minimum atomic E-state index is -0.465. The van der Waals surface area contributed by atoms with E-state index in [1.165, 1.54) is 0 Å². The fourth-order valence-electron chi connectivity index (χ4n) is 1.71. The molecule has 0 saturated heterocycles. The van der Waals surface area contributed by atoms with Gasteiger partial charge in [-0.15, -0.1) is 0 Å². The maximum absolute atomic E-state index is 12.0. The van der Waals surface area contributed by atoms with Crippen LogP contribution in [0.2, 0.25) is 0 Å². The Morgan fingerprint density at radius 1 is 1.33 bits per heavy atom.